The molecule has 33 heavy (non-hydrogen) atoms. The summed E-state index contributed by atoms with van der Waals surface area (Å²) in [5, 5.41) is 15.6. The van der Waals surface area contributed by atoms with Crippen molar-refractivity contribution in [3.8, 4) is 11.8 Å². The molecule has 3 aromatic heterocycles. The van der Waals surface area contributed by atoms with Crippen LogP contribution in [0.1, 0.15) is 35.4 Å². The SMILES string of the molecule is CO[C@@H]1COC[C@@]1(O)c1ccc(C#Cc2cnc(C)c3cnc(NC(=O)C4CC4)cc23)nc1. The van der Waals surface area contributed by atoms with Crippen LogP contribution in [0.2, 0.25) is 0 Å². The fraction of sp³-hybridized carbons (Fsp3) is 0.360. The van der Waals surface area contributed by atoms with Gasteiger partial charge in [0.05, 0.1) is 18.8 Å². The Bertz CT molecular complexity index is 1280. The third-order valence-corrected chi connectivity index (χ3v) is 6.17. The Morgan fingerprint density at radius 3 is 2.76 bits per heavy atom. The van der Waals surface area contributed by atoms with E-state index in [0.717, 1.165) is 29.3 Å². The van der Waals surface area contributed by atoms with Crippen LogP contribution in [-0.2, 0) is 19.9 Å². The third-order valence-electron chi connectivity index (χ3n) is 6.17. The number of carbonyl (C=O) groups excluding carboxylic acids is 1. The maximum absolute atomic E-state index is 12.1. The van der Waals surface area contributed by atoms with Crippen molar-refractivity contribution in [1.29, 1.82) is 0 Å². The summed E-state index contributed by atoms with van der Waals surface area (Å²) in [7, 11) is 1.55. The highest BCUT2D eigenvalue weighted by Crippen LogP contribution is 2.32. The van der Waals surface area contributed by atoms with Gasteiger partial charge in [-0.15, -0.1) is 0 Å². The van der Waals surface area contributed by atoms with E-state index in [0.29, 0.717) is 29.2 Å². The highest BCUT2D eigenvalue weighted by molar-refractivity contribution is 5.96. The largest absolute Gasteiger partial charge is 0.380 e. The number of nitrogens with zero attached hydrogens (tertiary/aromatic N) is 3. The zero-order valence-corrected chi connectivity index (χ0v) is 18.5. The number of hydrogen-bond donors (Lipinski definition) is 2. The molecule has 0 radical (unpaired) electrons. The molecule has 1 aliphatic heterocycles. The average Bonchev–Trinajstić information content (AvgIpc) is 3.61. The Kier molecular flexibility index (Phi) is 5.54. The normalized spacial score (nSPS) is 22.1. The lowest BCUT2D eigenvalue weighted by Crippen LogP contribution is -2.39. The Morgan fingerprint density at radius 1 is 1.18 bits per heavy atom. The first-order chi connectivity index (χ1) is 16.0. The first-order valence-corrected chi connectivity index (χ1v) is 10.9. The number of aliphatic hydroxyl groups is 1. The zero-order chi connectivity index (χ0) is 23.0. The van der Waals surface area contributed by atoms with Crippen molar-refractivity contribution in [3.63, 3.8) is 0 Å². The van der Waals surface area contributed by atoms with E-state index in [9.17, 15) is 9.90 Å². The summed E-state index contributed by atoms with van der Waals surface area (Å²) < 4.78 is 10.7. The highest BCUT2D eigenvalue weighted by atomic mass is 16.6. The summed E-state index contributed by atoms with van der Waals surface area (Å²) in [4.78, 5) is 25.3. The number of nitrogens with one attached hydrogen (secondary N) is 1. The van der Waals surface area contributed by atoms with Crippen LogP contribution in [0.4, 0.5) is 5.82 Å². The summed E-state index contributed by atoms with van der Waals surface area (Å²) >= 11 is 0. The Labute approximate surface area is 191 Å². The Balaban J connectivity index is 1.43. The van der Waals surface area contributed by atoms with Crippen molar-refractivity contribution in [2.24, 2.45) is 5.92 Å². The second kappa shape index (κ2) is 8.52. The Hall–Kier alpha value is -3.38. The van der Waals surface area contributed by atoms with E-state index in [4.69, 9.17) is 9.47 Å². The molecule has 0 aromatic carbocycles. The van der Waals surface area contributed by atoms with Gasteiger partial charge in [0.15, 0.2) is 0 Å². The molecule has 2 fully saturated rings. The van der Waals surface area contributed by atoms with E-state index < -0.39 is 11.7 Å². The van der Waals surface area contributed by atoms with Gasteiger partial charge in [-0.3, -0.25) is 9.78 Å². The van der Waals surface area contributed by atoms with Crippen molar-refractivity contribution in [1.82, 2.24) is 15.0 Å². The minimum atomic E-state index is -1.22. The summed E-state index contributed by atoms with van der Waals surface area (Å²) in [5.41, 5.74) is 1.51. The van der Waals surface area contributed by atoms with Crippen LogP contribution in [-0.4, -0.2) is 52.4 Å². The number of methoxy groups -OCH3 is 1. The van der Waals surface area contributed by atoms with E-state index in [1.54, 1.807) is 37.8 Å². The van der Waals surface area contributed by atoms with Gasteiger partial charge in [-0.05, 0) is 37.8 Å². The van der Waals surface area contributed by atoms with Crippen molar-refractivity contribution >= 4 is 22.5 Å². The number of aryl methyl sites for hydroxylation is 1. The second-order valence-electron chi connectivity index (χ2n) is 8.48. The molecule has 2 aliphatic rings. The van der Waals surface area contributed by atoms with Gasteiger partial charge in [-0.25, -0.2) is 9.97 Å². The first-order valence-electron chi connectivity index (χ1n) is 10.9. The van der Waals surface area contributed by atoms with E-state index >= 15 is 0 Å². The van der Waals surface area contributed by atoms with Gasteiger partial charge >= 0.3 is 0 Å². The predicted octanol–water partition coefficient (Wildman–Crippen LogP) is 2.31. The van der Waals surface area contributed by atoms with Gasteiger partial charge in [-0.2, -0.15) is 0 Å². The molecule has 1 aliphatic carbocycles. The number of anilines is 1. The number of carbonyl (C=O) groups is 1. The molecule has 0 unspecified atom stereocenters. The summed E-state index contributed by atoms with van der Waals surface area (Å²) in [6, 6.07) is 5.39. The van der Waals surface area contributed by atoms with Gasteiger partial charge in [0, 0.05) is 53.6 Å². The smallest absolute Gasteiger partial charge is 0.228 e. The molecule has 2 atom stereocenters. The van der Waals surface area contributed by atoms with Crippen LogP contribution in [0.5, 0.6) is 0 Å². The van der Waals surface area contributed by atoms with Crippen LogP contribution < -0.4 is 5.32 Å². The third kappa shape index (κ3) is 4.18. The van der Waals surface area contributed by atoms with Crippen molar-refractivity contribution in [2.45, 2.75) is 31.5 Å². The summed E-state index contributed by atoms with van der Waals surface area (Å²) in [6.45, 7) is 2.40. The maximum atomic E-state index is 12.1. The molecule has 0 spiro atoms. The number of amides is 1. The van der Waals surface area contributed by atoms with E-state index in [-0.39, 0.29) is 18.4 Å². The average molecular weight is 444 g/mol. The molecule has 8 nitrogen and oxygen atoms in total. The molecule has 1 amide bonds. The fourth-order valence-corrected chi connectivity index (χ4v) is 3.95. The predicted molar refractivity (Wildman–Crippen MR) is 121 cm³/mol. The minimum absolute atomic E-state index is 0.00887. The van der Waals surface area contributed by atoms with Crippen molar-refractivity contribution < 1.29 is 19.4 Å². The van der Waals surface area contributed by atoms with Crippen molar-refractivity contribution in [2.75, 3.05) is 25.6 Å². The van der Waals surface area contributed by atoms with Crippen LogP contribution in [0.25, 0.3) is 10.8 Å². The van der Waals surface area contributed by atoms with Gasteiger partial charge < -0.3 is 19.9 Å². The minimum Gasteiger partial charge on any atom is -0.380 e. The standard InChI is InChI=1S/C25H24N4O4/c1-15-21-12-28-23(29-24(30)16-3-4-16)9-20(21)17(10-26-15)5-7-19-8-6-18(11-27-19)25(31)14-33-13-22(25)32-2/h6,8-12,16,22,31H,3-4,13-14H2,1-2H3,(H,28,29,30)/t22-,25-/m1/s1. The summed E-state index contributed by atoms with van der Waals surface area (Å²) in [6.07, 6.45) is 6.46. The maximum Gasteiger partial charge on any atom is 0.228 e. The number of aromatic nitrogens is 3. The van der Waals surface area contributed by atoms with Crippen LogP contribution in [0, 0.1) is 24.7 Å². The van der Waals surface area contributed by atoms with Gasteiger partial charge in [0.25, 0.3) is 0 Å². The summed E-state index contributed by atoms with van der Waals surface area (Å²) in [5.74, 6) is 6.82. The van der Waals surface area contributed by atoms with E-state index in [1.807, 2.05) is 13.0 Å². The molecule has 1 saturated heterocycles. The van der Waals surface area contributed by atoms with Crippen LogP contribution >= 0.6 is 0 Å². The fourth-order valence-electron chi connectivity index (χ4n) is 3.95. The highest BCUT2D eigenvalue weighted by Gasteiger charge is 2.44. The molecule has 5 rings (SSSR count). The lowest BCUT2D eigenvalue weighted by atomic mass is 9.92. The number of ether oxygens (including phenoxy) is 2. The van der Waals surface area contributed by atoms with Crippen molar-refractivity contribution in [3.05, 3.63) is 59.3 Å². The van der Waals surface area contributed by atoms with Gasteiger partial charge in [-0.1, -0.05) is 12.0 Å². The zero-order valence-electron chi connectivity index (χ0n) is 18.5. The van der Waals surface area contributed by atoms with Gasteiger partial charge in [0.1, 0.15) is 23.2 Å². The van der Waals surface area contributed by atoms with Crippen LogP contribution in [0.3, 0.4) is 0 Å². The quantitative estimate of drug-likeness (QED) is 0.595. The van der Waals surface area contributed by atoms with E-state index in [1.165, 1.54) is 0 Å². The molecule has 168 valence electrons. The molecular formula is C25H24N4O4. The lowest BCUT2D eigenvalue weighted by molar-refractivity contribution is -0.117. The number of rotatable bonds is 4. The first kappa shape index (κ1) is 21.5. The topological polar surface area (TPSA) is 106 Å². The molecule has 3 aromatic rings. The monoisotopic (exact) mass is 444 g/mol. The molecular weight excluding hydrogens is 420 g/mol. The molecule has 4 heterocycles. The number of hydrogen-bond acceptors (Lipinski definition) is 7. The molecule has 8 heteroatoms. The molecule has 2 N–H and O–H groups in total. The molecule has 1 saturated carbocycles. The Morgan fingerprint density at radius 2 is 2.03 bits per heavy atom. The van der Waals surface area contributed by atoms with E-state index in [2.05, 4.69) is 32.1 Å². The number of pyridine rings is 3. The lowest BCUT2D eigenvalue weighted by Gasteiger charge is -2.26. The molecule has 0 bridgehead atoms. The second-order valence-corrected chi connectivity index (χ2v) is 8.48. The van der Waals surface area contributed by atoms with Crippen LogP contribution in [0.15, 0.2) is 36.8 Å². The number of fused-ring (bicyclic) bond motifs is 1. The van der Waals surface area contributed by atoms with Gasteiger partial charge in [0.2, 0.25) is 5.91 Å².